The number of rotatable bonds is 4. The summed E-state index contributed by atoms with van der Waals surface area (Å²) in [5, 5.41) is 10.7. The van der Waals surface area contributed by atoms with Gasteiger partial charge in [0, 0.05) is 24.3 Å². The van der Waals surface area contributed by atoms with Gasteiger partial charge in [-0.3, -0.25) is 4.79 Å². The molecule has 0 heterocycles. The summed E-state index contributed by atoms with van der Waals surface area (Å²) >= 11 is 0. The first-order valence-electron chi connectivity index (χ1n) is 9.52. The first kappa shape index (κ1) is 19.2. The van der Waals surface area contributed by atoms with Gasteiger partial charge in [-0.25, -0.2) is 0 Å². The summed E-state index contributed by atoms with van der Waals surface area (Å²) in [6.07, 6.45) is 5.08. The number of Topliss-reactive ketones (excluding diaryl/α,β-unsaturated/α-hetero) is 1. The van der Waals surface area contributed by atoms with Crippen molar-refractivity contribution in [2.45, 2.75) is 46.5 Å². The third-order valence-corrected chi connectivity index (χ3v) is 5.20. The van der Waals surface area contributed by atoms with Crippen LogP contribution in [0.15, 0.2) is 65.9 Å². The molecule has 140 valence electrons. The van der Waals surface area contributed by atoms with Crippen LogP contribution in [-0.2, 0) is 4.79 Å². The molecule has 3 rings (SSSR count). The van der Waals surface area contributed by atoms with E-state index in [1.807, 2.05) is 45.1 Å². The Balaban J connectivity index is 2.03. The van der Waals surface area contributed by atoms with Crippen LogP contribution in [0.25, 0.3) is 6.08 Å². The highest BCUT2D eigenvalue weighted by atomic mass is 16.3. The van der Waals surface area contributed by atoms with E-state index in [-0.39, 0.29) is 22.9 Å². The largest absolute Gasteiger partial charge is 0.512 e. The van der Waals surface area contributed by atoms with E-state index in [0.29, 0.717) is 18.4 Å². The van der Waals surface area contributed by atoms with Gasteiger partial charge in [0.1, 0.15) is 5.76 Å². The lowest BCUT2D eigenvalue weighted by Gasteiger charge is -2.32. The van der Waals surface area contributed by atoms with Crippen molar-refractivity contribution in [2.24, 2.45) is 5.41 Å². The highest BCUT2D eigenvalue weighted by molar-refractivity contribution is 5.99. The van der Waals surface area contributed by atoms with Crippen LogP contribution in [0.3, 0.4) is 0 Å². The van der Waals surface area contributed by atoms with Crippen LogP contribution in [-0.4, -0.2) is 10.9 Å². The van der Waals surface area contributed by atoms with Crippen molar-refractivity contribution in [3.63, 3.8) is 0 Å². The molecule has 0 saturated heterocycles. The zero-order valence-corrected chi connectivity index (χ0v) is 16.6. The molecular weight excluding hydrogens is 332 g/mol. The number of hydrogen-bond acceptors (Lipinski definition) is 2. The normalized spacial score (nSPS) is 18.1. The van der Waals surface area contributed by atoms with Gasteiger partial charge in [-0.05, 0) is 30.4 Å². The van der Waals surface area contributed by atoms with E-state index in [9.17, 15) is 9.90 Å². The second-order valence-corrected chi connectivity index (χ2v) is 8.46. The van der Waals surface area contributed by atoms with Gasteiger partial charge in [0.05, 0.1) is 0 Å². The highest BCUT2D eigenvalue weighted by Crippen LogP contribution is 2.41. The number of carbonyl (C=O) groups is 1. The number of hydrogen-bond donors (Lipinski definition) is 1. The maximum Gasteiger partial charge on any atom is 0.163 e. The highest BCUT2D eigenvalue weighted by Gasteiger charge is 2.36. The van der Waals surface area contributed by atoms with Crippen molar-refractivity contribution in [3.8, 4) is 0 Å². The molecule has 1 N–H and O–H groups in total. The zero-order valence-electron chi connectivity index (χ0n) is 16.6. The minimum atomic E-state index is -0.240. The third kappa shape index (κ3) is 4.57. The van der Waals surface area contributed by atoms with Gasteiger partial charge in [0.15, 0.2) is 5.78 Å². The molecule has 1 aliphatic rings. The number of aliphatic hydroxyl groups is 1. The lowest BCUT2D eigenvalue weighted by atomic mass is 9.72. The molecule has 2 aromatic carbocycles. The molecule has 0 fully saturated rings. The van der Waals surface area contributed by atoms with Gasteiger partial charge >= 0.3 is 0 Å². The molecule has 0 saturated carbocycles. The Morgan fingerprint density at radius 3 is 2.04 bits per heavy atom. The Morgan fingerprint density at radius 2 is 1.48 bits per heavy atom. The van der Waals surface area contributed by atoms with Crippen molar-refractivity contribution in [3.05, 3.63) is 88.2 Å². The molecule has 0 spiro atoms. The van der Waals surface area contributed by atoms with Crippen molar-refractivity contribution in [1.29, 1.82) is 0 Å². The van der Waals surface area contributed by atoms with Crippen molar-refractivity contribution in [2.75, 3.05) is 0 Å². The lowest BCUT2D eigenvalue weighted by molar-refractivity contribution is -0.118. The van der Waals surface area contributed by atoms with Crippen LogP contribution in [0.4, 0.5) is 0 Å². The van der Waals surface area contributed by atoms with E-state index in [0.717, 1.165) is 11.1 Å². The third-order valence-electron chi connectivity index (χ3n) is 5.20. The predicted octanol–water partition coefficient (Wildman–Crippen LogP) is 6.30. The van der Waals surface area contributed by atoms with Crippen LogP contribution in [0.5, 0.6) is 0 Å². The SMILES string of the molecule is Cc1ccc(/C=C/C(C2=C(O)CC(C)(C)CC2=O)c2ccc(C)cc2)cc1. The Labute approximate surface area is 162 Å². The Hall–Kier alpha value is -2.61. The number of carbonyl (C=O) groups excluding carboxylic acids is 1. The average molecular weight is 360 g/mol. The molecule has 0 amide bonds. The average Bonchev–Trinajstić information content (AvgIpc) is 2.58. The smallest absolute Gasteiger partial charge is 0.163 e. The van der Waals surface area contributed by atoms with Crippen LogP contribution < -0.4 is 0 Å². The fourth-order valence-corrected chi connectivity index (χ4v) is 3.69. The van der Waals surface area contributed by atoms with Gasteiger partial charge in [0.25, 0.3) is 0 Å². The maximum absolute atomic E-state index is 12.9. The standard InChI is InChI=1S/C25H28O2/c1-17-5-9-19(10-6-17)11-14-21(20-12-7-18(2)8-13-20)24-22(26)15-25(3,4)16-23(24)27/h5-14,21,26H,15-16H2,1-4H3/b14-11+. The van der Waals surface area contributed by atoms with E-state index in [1.54, 1.807) is 0 Å². The topological polar surface area (TPSA) is 37.3 Å². The van der Waals surface area contributed by atoms with E-state index < -0.39 is 0 Å². The van der Waals surface area contributed by atoms with Crippen LogP contribution in [0.1, 0.15) is 54.9 Å². The van der Waals surface area contributed by atoms with E-state index in [2.05, 4.69) is 43.3 Å². The molecule has 1 aliphatic carbocycles. The summed E-state index contributed by atoms with van der Waals surface area (Å²) in [4.78, 5) is 12.9. The molecule has 2 aromatic rings. The minimum Gasteiger partial charge on any atom is -0.512 e. The number of ketones is 1. The summed E-state index contributed by atoms with van der Waals surface area (Å²) in [6.45, 7) is 8.17. The summed E-state index contributed by atoms with van der Waals surface area (Å²) in [5.41, 5.74) is 4.85. The summed E-state index contributed by atoms with van der Waals surface area (Å²) < 4.78 is 0. The second kappa shape index (κ2) is 7.56. The molecular formula is C25H28O2. The predicted molar refractivity (Wildman–Crippen MR) is 112 cm³/mol. The number of aryl methyl sites for hydroxylation is 2. The molecule has 27 heavy (non-hydrogen) atoms. The Morgan fingerprint density at radius 1 is 0.926 bits per heavy atom. The number of allylic oxidation sites excluding steroid dienone is 3. The van der Waals surface area contributed by atoms with Crippen LogP contribution in [0.2, 0.25) is 0 Å². The first-order valence-corrected chi connectivity index (χ1v) is 9.52. The second-order valence-electron chi connectivity index (χ2n) is 8.46. The fraction of sp³-hybridized carbons (Fsp3) is 0.320. The summed E-state index contributed by atoms with van der Waals surface area (Å²) in [7, 11) is 0. The summed E-state index contributed by atoms with van der Waals surface area (Å²) in [5.74, 6) is 0.0359. The molecule has 1 unspecified atom stereocenters. The van der Waals surface area contributed by atoms with Crippen molar-refractivity contribution in [1.82, 2.24) is 0 Å². The molecule has 0 aromatic heterocycles. The van der Waals surface area contributed by atoms with Gasteiger partial charge in [-0.1, -0.05) is 85.7 Å². The van der Waals surface area contributed by atoms with Crippen molar-refractivity contribution < 1.29 is 9.90 Å². The molecule has 1 atom stereocenters. The van der Waals surface area contributed by atoms with Gasteiger partial charge in [-0.2, -0.15) is 0 Å². The van der Waals surface area contributed by atoms with Gasteiger partial charge in [-0.15, -0.1) is 0 Å². The molecule has 2 nitrogen and oxygen atoms in total. The Kier molecular flexibility index (Phi) is 5.36. The minimum absolute atomic E-state index is 0.0443. The molecule has 0 aliphatic heterocycles. The monoisotopic (exact) mass is 360 g/mol. The van der Waals surface area contributed by atoms with Crippen LogP contribution >= 0.6 is 0 Å². The zero-order chi connectivity index (χ0) is 19.6. The summed E-state index contributed by atoms with van der Waals surface area (Å²) in [6, 6.07) is 16.5. The lowest BCUT2D eigenvalue weighted by Crippen LogP contribution is -2.28. The molecule has 2 heteroatoms. The fourth-order valence-electron chi connectivity index (χ4n) is 3.69. The quantitative estimate of drug-likeness (QED) is 0.694. The Bertz CT molecular complexity index is 881. The van der Waals surface area contributed by atoms with Crippen LogP contribution in [0, 0.1) is 19.3 Å². The number of benzene rings is 2. The van der Waals surface area contributed by atoms with Gasteiger partial charge in [0.2, 0.25) is 0 Å². The van der Waals surface area contributed by atoms with Gasteiger partial charge < -0.3 is 5.11 Å². The first-order chi connectivity index (χ1) is 12.7. The van der Waals surface area contributed by atoms with Crippen molar-refractivity contribution >= 4 is 11.9 Å². The number of aliphatic hydroxyl groups excluding tert-OH is 1. The molecule has 0 radical (unpaired) electrons. The van der Waals surface area contributed by atoms with E-state index in [4.69, 9.17) is 0 Å². The maximum atomic E-state index is 12.9. The van der Waals surface area contributed by atoms with E-state index >= 15 is 0 Å². The van der Waals surface area contributed by atoms with E-state index in [1.165, 1.54) is 11.1 Å². The molecule has 0 bridgehead atoms.